The predicted octanol–water partition coefficient (Wildman–Crippen LogP) is 15.4. The summed E-state index contributed by atoms with van der Waals surface area (Å²) in [4.78, 5) is 45.1. The molecule has 0 atom stereocenters. The van der Waals surface area contributed by atoms with Crippen LogP contribution in [0.3, 0.4) is 0 Å². The summed E-state index contributed by atoms with van der Waals surface area (Å²) in [7, 11) is 2.75. The molecule has 1 aliphatic carbocycles. The van der Waals surface area contributed by atoms with Gasteiger partial charge in [-0.3, -0.25) is 19.9 Å². The average molecular weight is 1250 g/mol. The van der Waals surface area contributed by atoms with Crippen molar-refractivity contribution < 1.29 is 47.5 Å². The van der Waals surface area contributed by atoms with Crippen LogP contribution in [-0.4, -0.2) is 85.7 Å². The molecule has 0 saturated carbocycles. The number of ether oxygens (including phenoxy) is 8. The van der Waals surface area contributed by atoms with Crippen molar-refractivity contribution in [3.8, 4) is 45.8 Å². The maximum absolute atomic E-state index is 13.3. The minimum absolute atomic E-state index is 0.223. The molecule has 4 aromatic carbocycles. The van der Waals surface area contributed by atoms with Crippen LogP contribution in [0.25, 0.3) is 22.8 Å². The van der Waals surface area contributed by atoms with Gasteiger partial charge in [0.15, 0.2) is 13.2 Å². The molecule has 0 saturated heterocycles. The van der Waals surface area contributed by atoms with E-state index in [0.717, 1.165) is 112 Å². The van der Waals surface area contributed by atoms with Crippen molar-refractivity contribution in [3.05, 3.63) is 211 Å². The Morgan fingerprint density at radius 2 is 0.620 bits per heavy atom. The summed E-state index contributed by atoms with van der Waals surface area (Å²) in [5.74, 6) is 1.55. The summed E-state index contributed by atoms with van der Waals surface area (Å²) in [6.07, 6.45) is 8.79. The number of carbonyl (C=O) groups is 2. The van der Waals surface area contributed by atoms with Crippen molar-refractivity contribution in [3.63, 3.8) is 0 Å². The highest BCUT2D eigenvalue weighted by Crippen LogP contribution is 2.45. The van der Waals surface area contributed by atoms with Crippen LogP contribution in [0.2, 0.25) is 0 Å². The molecule has 92 heavy (non-hydrogen) atoms. The second-order valence-corrected chi connectivity index (χ2v) is 28.3. The fourth-order valence-electron chi connectivity index (χ4n) is 11.1. The highest BCUT2D eigenvalue weighted by atomic mass is 16.6. The number of rotatable bonds is 20. The van der Waals surface area contributed by atoms with Gasteiger partial charge in [0.2, 0.25) is 0 Å². The number of methoxy groups -OCH3 is 2. The molecule has 4 heterocycles. The third-order valence-electron chi connectivity index (χ3n) is 16.6. The molecule has 0 amide bonds. The van der Waals surface area contributed by atoms with Crippen LogP contribution in [0.5, 0.6) is 23.0 Å². The maximum Gasteiger partial charge on any atom is 0.343 e. The van der Waals surface area contributed by atoms with E-state index >= 15 is 0 Å². The molecule has 14 nitrogen and oxygen atoms in total. The number of fused-ring (bicyclic) bond motifs is 8. The van der Waals surface area contributed by atoms with E-state index in [1.54, 1.807) is 0 Å². The highest BCUT2D eigenvalue weighted by Gasteiger charge is 2.30. The van der Waals surface area contributed by atoms with Crippen LogP contribution < -0.4 is 18.9 Å². The van der Waals surface area contributed by atoms with Gasteiger partial charge in [-0.15, -0.1) is 0 Å². The molecule has 0 fully saturated rings. The number of nitrogens with zero attached hydrogens (tertiary/aromatic N) is 4. The number of aromatic nitrogens is 4. The Kier molecular flexibility index (Phi) is 21.4. The molecule has 1 aliphatic rings. The van der Waals surface area contributed by atoms with Gasteiger partial charge in [-0.2, -0.15) is 0 Å². The van der Waals surface area contributed by atoms with Crippen molar-refractivity contribution in [2.75, 3.05) is 53.9 Å². The minimum Gasteiger partial charge on any atom is -0.491 e. The number of hydrogen-bond acceptors (Lipinski definition) is 14. The molecule has 0 aliphatic heterocycles. The van der Waals surface area contributed by atoms with Gasteiger partial charge in [0, 0.05) is 50.5 Å². The van der Waals surface area contributed by atoms with E-state index in [2.05, 4.69) is 142 Å². The Labute approximate surface area is 544 Å². The third-order valence-corrected chi connectivity index (χ3v) is 16.6. The number of benzene rings is 4. The van der Waals surface area contributed by atoms with Gasteiger partial charge >= 0.3 is 11.9 Å². The van der Waals surface area contributed by atoms with Crippen molar-refractivity contribution in [1.29, 1.82) is 0 Å². The number of aryl methyl sites for hydroxylation is 2. The second-order valence-electron chi connectivity index (χ2n) is 28.3. The van der Waals surface area contributed by atoms with Crippen molar-refractivity contribution in [2.45, 2.75) is 157 Å². The number of pyridine rings is 4. The Morgan fingerprint density at radius 3 is 0.848 bits per heavy atom. The van der Waals surface area contributed by atoms with Crippen molar-refractivity contribution in [2.24, 2.45) is 0 Å². The second kappa shape index (κ2) is 29.0. The standard InChI is InChI=1S/C78H92N4O10/c1-49-17-21-65(79-41-49)67-23-19-51(43-81-67)45-87-25-27-89-71-53-29-57-37-63(77(9,10)11)39-59(73(57)91-47-69(83)85-15)31-55-35-62(76(6,7)8)36-56(72(55)90-28-26-88-46-52-20-24-68(82-44-52)66-22-18-50(2)42-80-66)32-60-40-64(78(12,13)14)38-58(74(60)92-48-70(84)86-16)30-54(71)34-61(33-53)75(3,4)5/h17-24,33-44H,25-32,45-48H2,1-16H3. The van der Waals surface area contributed by atoms with Crippen LogP contribution in [-0.2, 0) is 89.1 Å². The fraction of sp³-hybridized carbons (Fsp3) is 0.410. The normalized spacial score (nSPS) is 12.7. The zero-order valence-electron chi connectivity index (χ0n) is 56.9. The third kappa shape index (κ3) is 17.6. The number of esters is 2. The Balaban J connectivity index is 1.19. The smallest absolute Gasteiger partial charge is 0.343 e. The molecular weight excluding hydrogens is 1150 g/mol. The molecule has 14 heteroatoms. The molecule has 9 rings (SSSR count). The lowest BCUT2D eigenvalue weighted by atomic mass is 9.79. The first kappa shape index (κ1) is 67.9. The summed E-state index contributed by atoms with van der Waals surface area (Å²) in [6, 6.07) is 33.8. The molecule has 0 spiro atoms. The molecular formula is C78H92N4O10. The van der Waals surface area contributed by atoms with Crippen LogP contribution in [0, 0.1) is 13.8 Å². The van der Waals surface area contributed by atoms with Crippen molar-refractivity contribution in [1.82, 2.24) is 19.9 Å². The van der Waals surface area contributed by atoms with Gasteiger partial charge in [-0.1, -0.05) is 156 Å². The fourth-order valence-corrected chi connectivity index (χ4v) is 11.1. The van der Waals surface area contributed by atoms with Gasteiger partial charge in [0.1, 0.15) is 36.2 Å². The van der Waals surface area contributed by atoms with Crippen LogP contribution >= 0.6 is 0 Å². The first-order valence-corrected chi connectivity index (χ1v) is 31.8. The summed E-state index contributed by atoms with van der Waals surface area (Å²) < 4.78 is 51.1. The Bertz CT molecular complexity index is 3520. The summed E-state index contributed by atoms with van der Waals surface area (Å²) in [6.45, 7) is 31.6. The predicted molar refractivity (Wildman–Crippen MR) is 362 cm³/mol. The maximum atomic E-state index is 13.3. The largest absolute Gasteiger partial charge is 0.491 e. The van der Waals surface area contributed by atoms with Crippen LogP contribution in [0.4, 0.5) is 0 Å². The molecule has 8 bridgehead atoms. The first-order valence-electron chi connectivity index (χ1n) is 31.8. The number of carbonyl (C=O) groups excluding carboxylic acids is 2. The van der Waals surface area contributed by atoms with Gasteiger partial charge in [-0.25, -0.2) is 9.59 Å². The van der Waals surface area contributed by atoms with Crippen LogP contribution in [0.15, 0.2) is 122 Å². The molecule has 484 valence electrons. The van der Waals surface area contributed by atoms with E-state index in [-0.39, 0.29) is 61.3 Å². The molecule has 0 radical (unpaired) electrons. The van der Waals surface area contributed by atoms with Gasteiger partial charge in [-0.05, 0) is 149 Å². The van der Waals surface area contributed by atoms with Crippen molar-refractivity contribution >= 4 is 11.9 Å². The van der Waals surface area contributed by atoms with Gasteiger partial charge in [0.25, 0.3) is 0 Å². The SMILES string of the molecule is COC(=O)COc1c2cc(C(C)(C)C)cc1Cc1cc(C(C)(C)C)cc(c1OCCOCc1ccc(-c3ccc(C)cn3)nc1)Cc1cc(C(C)(C)C)cc(c1OCC(=O)OC)Cc1cc(C(C)(C)C)cc(c1OCCOCc1ccc(-c3ccc(C)cn3)nc1)C2. The zero-order valence-corrected chi connectivity index (χ0v) is 56.9. The van der Waals surface area contributed by atoms with Gasteiger partial charge < -0.3 is 37.9 Å². The Morgan fingerprint density at radius 1 is 0.359 bits per heavy atom. The molecule has 0 N–H and O–H groups in total. The van der Waals surface area contributed by atoms with E-state index in [1.807, 2.05) is 87.2 Å². The Hall–Kier alpha value is -8.46. The zero-order chi connectivity index (χ0) is 66.1. The van der Waals surface area contributed by atoms with E-state index in [0.29, 0.717) is 61.9 Å². The molecule has 0 unspecified atom stereocenters. The lowest BCUT2D eigenvalue weighted by Gasteiger charge is -2.29. The highest BCUT2D eigenvalue weighted by molar-refractivity contribution is 5.72. The van der Waals surface area contributed by atoms with E-state index in [4.69, 9.17) is 47.9 Å². The molecule has 4 aromatic heterocycles. The lowest BCUT2D eigenvalue weighted by molar-refractivity contribution is -0.143. The van der Waals surface area contributed by atoms with E-state index in [9.17, 15) is 9.59 Å². The topological polar surface area (TPSA) is 160 Å². The minimum atomic E-state index is -0.503. The average Bonchev–Trinajstić information content (AvgIpc) is 0.773. The monoisotopic (exact) mass is 1240 g/mol. The number of hydrogen-bond donors (Lipinski definition) is 0. The van der Waals surface area contributed by atoms with E-state index in [1.165, 1.54) is 14.2 Å². The van der Waals surface area contributed by atoms with Crippen LogP contribution in [0.1, 0.15) is 172 Å². The van der Waals surface area contributed by atoms with E-state index < -0.39 is 11.9 Å². The summed E-state index contributed by atoms with van der Waals surface area (Å²) >= 11 is 0. The quantitative estimate of drug-likeness (QED) is 0.0524. The summed E-state index contributed by atoms with van der Waals surface area (Å²) in [5, 5.41) is 0. The lowest BCUT2D eigenvalue weighted by Crippen LogP contribution is -2.20. The molecule has 8 aromatic rings. The first-order chi connectivity index (χ1) is 43.6. The van der Waals surface area contributed by atoms with Gasteiger partial charge in [0.05, 0.1) is 63.4 Å². The summed E-state index contributed by atoms with van der Waals surface area (Å²) in [5.41, 5.74) is 17.5.